The van der Waals surface area contributed by atoms with E-state index in [1.165, 1.54) is 0 Å². The molecule has 0 bridgehead atoms. The van der Waals surface area contributed by atoms with Gasteiger partial charge in [-0.2, -0.15) is 5.26 Å². The number of nitriles is 1. The number of nitrogens with one attached hydrogen (secondary N) is 1. The molecule has 0 aromatic heterocycles. The first-order chi connectivity index (χ1) is 8.78. The Hall–Kier alpha value is -1.57. The van der Waals surface area contributed by atoms with Gasteiger partial charge in [-0.3, -0.25) is 4.90 Å². The normalized spacial score (nSPS) is 17.3. The zero-order chi connectivity index (χ0) is 12.8. The molecule has 1 aliphatic rings. The molecule has 0 aliphatic carbocycles. The summed E-state index contributed by atoms with van der Waals surface area (Å²) in [6, 6.07) is 9.79. The topological polar surface area (TPSA) is 42.3 Å². The van der Waals surface area contributed by atoms with E-state index in [9.17, 15) is 0 Å². The predicted octanol–water partition coefficient (Wildman–Crippen LogP) is 1.22. The zero-order valence-corrected chi connectivity index (χ0v) is 10.9. The number of hydrogen-bond donors (Lipinski definition) is 1. The largest absolute Gasteiger partial charge is 0.384 e. The van der Waals surface area contributed by atoms with Crippen LogP contribution < -0.4 is 5.32 Å². The Balaban J connectivity index is 1.73. The van der Waals surface area contributed by atoms with Gasteiger partial charge in [-0.25, -0.2) is 0 Å². The monoisotopic (exact) mass is 244 g/mol. The third kappa shape index (κ3) is 3.73. The number of rotatable bonds is 4. The van der Waals surface area contributed by atoms with Crippen LogP contribution in [0.4, 0.5) is 5.69 Å². The molecule has 0 atom stereocenters. The molecule has 18 heavy (non-hydrogen) atoms. The molecule has 1 aromatic rings. The highest BCUT2D eigenvalue weighted by molar-refractivity contribution is 5.49. The van der Waals surface area contributed by atoms with Crippen LogP contribution in [-0.2, 0) is 0 Å². The molecular weight excluding hydrogens is 224 g/mol. The SMILES string of the molecule is CN1CCN(CCNc2cccc(C#N)c2)CC1. The van der Waals surface area contributed by atoms with Crippen molar-refractivity contribution in [1.82, 2.24) is 9.80 Å². The van der Waals surface area contributed by atoms with Gasteiger partial charge < -0.3 is 10.2 Å². The van der Waals surface area contributed by atoms with E-state index in [0.717, 1.165) is 45.0 Å². The zero-order valence-electron chi connectivity index (χ0n) is 10.9. The average Bonchev–Trinajstić information content (AvgIpc) is 2.41. The van der Waals surface area contributed by atoms with Crippen LogP contribution in [0, 0.1) is 11.3 Å². The number of nitrogens with zero attached hydrogens (tertiary/aromatic N) is 3. The molecule has 1 aliphatic heterocycles. The molecule has 1 aromatic carbocycles. The Morgan fingerprint density at radius 3 is 2.78 bits per heavy atom. The van der Waals surface area contributed by atoms with Crippen molar-refractivity contribution in [2.24, 2.45) is 0 Å². The minimum Gasteiger partial charge on any atom is -0.384 e. The molecule has 4 nitrogen and oxygen atoms in total. The molecule has 0 spiro atoms. The smallest absolute Gasteiger partial charge is 0.0992 e. The summed E-state index contributed by atoms with van der Waals surface area (Å²) in [5.41, 5.74) is 1.74. The summed E-state index contributed by atoms with van der Waals surface area (Å²) in [5, 5.41) is 12.2. The van der Waals surface area contributed by atoms with Crippen LogP contribution in [0.3, 0.4) is 0 Å². The molecule has 4 heteroatoms. The van der Waals surface area contributed by atoms with Gasteiger partial charge in [0.05, 0.1) is 11.6 Å². The van der Waals surface area contributed by atoms with E-state index in [1.54, 1.807) is 0 Å². The van der Waals surface area contributed by atoms with Gasteiger partial charge in [-0.15, -0.1) is 0 Å². The van der Waals surface area contributed by atoms with Gasteiger partial charge in [-0.05, 0) is 25.2 Å². The van der Waals surface area contributed by atoms with Gasteiger partial charge in [-0.1, -0.05) is 6.07 Å². The second-order valence-electron chi connectivity index (χ2n) is 4.76. The summed E-state index contributed by atoms with van der Waals surface area (Å²) in [4.78, 5) is 4.83. The Morgan fingerprint density at radius 2 is 2.06 bits per heavy atom. The third-order valence-corrected chi connectivity index (χ3v) is 3.34. The van der Waals surface area contributed by atoms with E-state index >= 15 is 0 Å². The Morgan fingerprint density at radius 1 is 1.28 bits per heavy atom. The molecule has 1 N–H and O–H groups in total. The summed E-state index contributed by atoms with van der Waals surface area (Å²) < 4.78 is 0. The second kappa shape index (κ2) is 6.39. The minimum atomic E-state index is 0.708. The predicted molar refractivity (Wildman–Crippen MR) is 73.6 cm³/mol. The first kappa shape index (κ1) is 12.9. The highest BCUT2D eigenvalue weighted by Gasteiger charge is 2.12. The quantitative estimate of drug-likeness (QED) is 0.864. The fraction of sp³-hybridized carbons (Fsp3) is 0.500. The van der Waals surface area contributed by atoms with E-state index in [-0.39, 0.29) is 0 Å². The fourth-order valence-electron chi connectivity index (χ4n) is 2.13. The van der Waals surface area contributed by atoms with E-state index in [4.69, 9.17) is 5.26 Å². The molecule has 1 fully saturated rings. The maximum atomic E-state index is 8.83. The van der Waals surface area contributed by atoms with Crippen LogP contribution in [0.1, 0.15) is 5.56 Å². The molecular formula is C14H20N4. The van der Waals surface area contributed by atoms with Gasteiger partial charge >= 0.3 is 0 Å². The summed E-state index contributed by atoms with van der Waals surface area (Å²) in [5.74, 6) is 0. The van der Waals surface area contributed by atoms with Crippen molar-refractivity contribution in [1.29, 1.82) is 5.26 Å². The van der Waals surface area contributed by atoms with Crippen molar-refractivity contribution >= 4 is 5.69 Å². The molecule has 0 unspecified atom stereocenters. The van der Waals surface area contributed by atoms with Crippen LogP contribution >= 0.6 is 0 Å². The molecule has 0 radical (unpaired) electrons. The fourth-order valence-corrected chi connectivity index (χ4v) is 2.13. The molecule has 96 valence electrons. The maximum Gasteiger partial charge on any atom is 0.0992 e. The number of anilines is 1. The first-order valence-electron chi connectivity index (χ1n) is 6.43. The molecule has 1 saturated heterocycles. The maximum absolute atomic E-state index is 8.83. The van der Waals surface area contributed by atoms with Crippen LogP contribution in [-0.4, -0.2) is 56.1 Å². The van der Waals surface area contributed by atoms with Crippen molar-refractivity contribution in [2.75, 3.05) is 51.6 Å². The molecule has 0 saturated carbocycles. The van der Waals surface area contributed by atoms with Crippen molar-refractivity contribution in [3.63, 3.8) is 0 Å². The van der Waals surface area contributed by atoms with Gasteiger partial charge in [0.2, 0.25) is 0 Å². The third-order valence-electron chi connectivity index (χ3n) is 3.34. The summed E-state index contributed by atoms with van der Waals surface area (Å²) in [6.07, 6.45) is 0. The van der Waals surface area contributed by atoms with Crippen molar-refractivity contribution < 1.29 is 0 Å². The van der Waals surface area contributed by atoms with Crippen molar-refractivity contribution in [3.05, 3.63) is 29.8 Å². The van der Waals surface area contributed by atoms with Gasteiger partial charge in [0, 0.05) is 45.0 Å². The van der Waals surface area contributed by atoms with E-state index in [1.807, 2.05) is 24.3 Å². The highest BCUT2D eigenvalue weighted by Crippen LogP contribution is 2.09. The number of piperazine rings is 1. The molecule has 1 heterocycles. The summed E-state index contributed by atoms with van der Waals surface area (Å²) >= 11 is 0. The Labute approximate surface area is 109 Å². The lowest BCUT2D eigenvalue weighted by Crippen LogP contribution is -2.45. The van der Waals surface area contributed by atoms with E-state index < -0.39 is 0 Å². The number of benzene rings is 1. The van der Waals surface area contributed by atoms with Gasteiger partial charge in [0.15, 0.2) is 0 Å². The van der Waals surface area contributed by atoms with E-state index in [2.05, 4.69) is 28.2 Å². The lowest BCUT2D eigenvalue weighted by Gasteiger charge is -2.32. The van der Waals surface area contributed by atoms with Gasteiger partial charge in [0.25, 0.3) is 0 Å². The summed E-state index contributed by atoms with van der Waals surface area (Å²) in [6.45, 7) is 6.60. The van der Waals surface area contributed by atoms with Crippen molar-refractivity contribution in [2.45, 2.75) is 0 Å². The lowest BCUT2D eigenvalue weighted by atomic mass is 10.2. The van der Waals surface area contributed by atoms with Crippen molar-refractivity contribution in [3.8, 4) is 6.07 Å². The van der Waals surface area contributed by atoms with Crippen LogP contribution in [0.5, 0.6) is 0 Å². The number of hydrogen-bond acceptors (Lipinski definition) is 4. The molecule has 0 amide bonds. The Bertz CT molecular complexity index is 416. The van der Waals surface area contributed by atoms with E-state index in [0.29, 0.717) is 5.56 Å². The lowest BCUT2D eigenvalue weighted by molar-refractivity contribution is 0.158. The minimum absolute atomic E-state index is 0.708. The highest BCUT2D eigenvalue weighted by atomic mass is 15.2. The Kier molecular flexibility index (Phi) is 4.57. The molecule has 2 rings (SSSR count). The number of likely N-dealkylation sites (N-methyl/N-ethyl adjacent to an activating group) is 1. The first-order valence-corrected chi connectivity index (χ1v) is 6.43. The van der Waals surface area contributed by atoms with Crippen LogP contribution in [0.15, 0.2) is 24.3 Å². The van der Waals surface area contributed by atoms with Gasteiger partial charge in [0.1, 0.15) is 0 Å². The van der Waals surface area contributed by atoms with Crippen LogP contribution in [0.25, 0.3) is 0 Å². The standard InChI is InChI=1S/C14H20N4/c1-17-7-9-18(10-8-17)6-5-16-14-4-2-3-13(11-14)12-15/h2-4,11,16H,5-10H2,1H3. The second-order valence-corrected chi connectivity index (χ2v) is 4.76. The van der Waals surface area contributed by atoms with Crippen LogP contribution in [0.2, 0.25) is 0 Å². The average molecular weight is 244 g/mol. The summed E-state index contributed by atoms with van der Waals surface area (Å²) in [7, 11) is 2.17.